The number of carbonyl (C=O) groups is 1. The topological polar surface area (TPSA) is 63.2 Å². The second-order valence-corrected chi connectivity index (χ2v) is 12.5. The number of nitrogens with one attached hydrogen (secondary N) is 2. The van der Waals surface area contributed by atoms with Crippen molar-refractivity contribution in [1.29, 1.82) is 0 Å². The van der Waals surface area contributed by atoms with E-state index >= 15 is 0 Å². The van der Waals surface area contributed by atoms with E-state index in [4.69, 9.17) is 4.74 Å². The van der Waals surface area contributed by atoms with Gasteiger partial charge in [-0.1, -0.05) is 26.1 Å². The van der Waals surface area contributed by atoms with E-state index in [9.17, 15) is 13.6 Å². The number of hydrogen-bond acceptors (Lipinski definition) is 4. The number of nitrogens with zero attached hydrogens (tertiary/aromatic N) is 1. The quantitative estimate of drug-likeness (QED) is 0.751. The van der Waals surface area contributed by atoms with E-state index in [2.05, 4.69) is 15.6 Å². The minimum Gasteiger partial charge on any atom is -0.481 e. The second kappa shape index (κ2) is 7.96. The van der Waals surface area contributed by atoms with E-state index in [0.717, 1.165) is 17.3 Å². The first-order valence-corrected chi connectivity index (χ1v) is 12.5. The third kappa shape index (κ3) is 3.93. The summed E-state index contributed by atoms with van der Waals surface area (Å²) in [5, 5.41) is 5.94. The lowest BCUT2D eigenvalue weighted by Gasteiger charge is -2.26. The molecule has 0 fully saturated rings. The van der Waals surface area contributed by atoms with Gasteiger partial charge in [0.2, 0.25) is 11.8 Å². The maximum atomic E-state index is 14.6. The maximum absolute atomic E-state index is 14.6. The molecule has 0 unspecified atom stereocenters. The van der Waals surface area contributed by atoms with Crippen LogP contribution in [0.25, 0.3) is 0 Å². The molecule has 2 aromatic rings. The molecule has 0 bridgehead atoms. The Morgan fingerprint density at radius 2 is 2.00 bits per heavy atom. The Morgan fingerprint density at radius 1 is 1.32 bits per heavy atom. The van der Waals surface area contributed by atoms with Crippen molar-refractivity contribution in [3.63, 3.8) is 0 Å². The van der Waals surface area contributed by atoms with E-state index in [0.29, 0.717) is 18.8 Å². The standard InChI is InChI=1S/C20H25F2N3O2Si/c1-5-28(3,4)19-14(21)10-12(11-15(19)22)24-20(26)18-13-6-7-17(27-2)25-16(13)8-9-23-18/h6-7,10-11,18,23H,5,8-9H2,1-4H3,(H,24,26)/t18-/m1/s1. The van der Waals surface area contributed by atoms with Gasteiger partial charge >= 0.3 is 0 Å². The fourth-order valence-corrected chi connectivity index (χ4v) is 5.22. The first-order chi connectivity index (χ1) is 13.3. The van der Waals surface area contributed by atoms with Crippen LogP contribution in [0.3, 0.4) is 0 Å². The molecule has 0 saturated heterocycles. The molecule has 0 spiro atoms. The molecule has 2 heterocycles. The Morgan fingerprint density at radius 3 is 2.61 bits per heavy atom. The highest BCUT2D eigenvalue weighted by Gasteiger charge is 2.30. The van der Waals surface area contributed by atoms with Gasteiger partial charge in [-0.05, 0) is 18.2 Å². The predicted molar refractivity (Wildman–Crippen MR) is 108 cm³/mol. The highest BCUT2D eigenvalue weighted by molar-refractivity contribution is 6.89. The minimum atomic E-state index is -2.19. The first kappa shape index (κ1) is 20.4. The zero-order valence-electron chi connectivity index (χ0n) is 16.5. The van der Waals surface area contributed by atoms with Gasteiger partial charge < -0.3 is 15.4 Å². The van der Waals surface area contributed by atoms with E-state index in [1.807, 2.05) is 20.0 Å². The molecule has 1 aliphatic rings. The lowest BCUT2D eigenvalue weighted by Crippen LogP contribution is -2.45. The Kier molecular flexibility index (Phi) is 5.81. The van der Waals surface area contributed by atoms with Crippen LogP contribution < -0.4 is 20.6 Å². The summed E-state index contributed by atoms with van der Waals surface area (Å²) in [6.45, 7) is 6.37. The van der Waals surface area contributed by atoms with Crippen LogP contribution >= 0.6 is 0 Å². The van der Waals surface area contributed by atoms with Gasteiger partial charge in [0.15, 0.2) is 0 Å². The number of halogens is 2. The fourth-order valence-electron chi connectivity index (χ4n) is 3.43. The van der Waals surface area contributed by atoms with Gasteiger partial charge in [-0.2, -0.15) is 0 Å². The minimum absolute atomic E-state index is 0.111. The number of hydrogen-bond donors (Lipinski definition) is 2. The maximum Gasteiger partial charge on any atom is 0.246 e. The molecule has 28 heavy (non-hydrogen) atoms. The van der Waals surface area contributed by atoms with Crippen molar-refractivity contribution < 1.29 is 18.3 Å². The number of benzene rings is 1. The highest BCUT2D eigenvalue weighted by atomic mass is 28.3. The van der Waals surface area contributed by atoms with Crippen LogP contribution in [0.1, 0.15) is 24.2 Å². The van der Waals surface area contributed by atoms with Crippen molar-refractivity contribution in [2.45, 2.75) is 38.5 Å². The van der Waals surface area contributed by atoms with Crippen LogP contribution in [0.5, 0.6) is 5.88 Å². The van der Waals surface area contributed by atoms with Gasteiger partial charge in [0.1, 0.15) is 17.7 Å². The average Bonchev–Trinajstić information content (AvgIpc) is 2.66. The summed E-state index contributed by atoms with van der Waals surface area (Å²) in [7, 11) is -0.652. The molecule has 8 heteroatoms. The van der Waals surface area contributed by atoms with Crippen molar-refractivity contribution in [3.05, 3.63) is 47.2 Å². The summed E-state index contributed by atoms with van der Waals surface area (Å²) in [5.41, 5.74) is 1.63. The molecule has 1 aromatic carbocycles. The zero-order valence-corrected chi connectivity index (χ0v) is 17.5. The summed E-state index contributed by atoms with van der Waals surface area (Å²) in [5.74, 6) is -1.09. The lowest BCUT2D eigenvalue weighted by atomic mass is 9.98. The van der Waals surface area contributed by atoms with E-state index in [-0.39, 0.29) is 16.8 Å². The van der Waals surface area contributed by atoms with Crippen LogP contribution in [-0.4, -0.2) is 32.6 Å². The molecule has 1 aromatic heterocycles. The van der Waals surface area contributed by atoms with Crippen molar-refractivity contribution in [2.75, 3.05) is 19.0 Å². The third-order valence-corrected chi connectivity index (χ3v) is 8.95. The second-order valence-electron chi connectivity index (χ2n) is 7.57. The van der Waals surface area contributed by atoms with Crippen LogP contribution in [0, 0.1) is 11.6 Å². The van der Waals surface area contributed by atoms with Crippen LogP contribution in [0.15, 0.2) is 24.3 Å². The fraction of sp³-hybridized carbons (Fsp3) is 0.400. The number of pyridine rings is 1. The monoisotopic (exact) mass is 405 g/mol. The number of ether oxygens (including phenoxy) is 1. The molecular formula is C20H25F2N3O2Si. The van der Waals surface area contributed by atoms with Gasteiger partial charge in [-0.25, -0.2) is 13.8 Å². The van der Waals surface area contributed by atoms with Crippen LogP contribution in [0.2, 0.25) is 19.1 Å². The lowest BCUT2D eigenvalue weighted by molar-refractivity contribution is -0.118. The molecule has 1 aliphatic heterocycles. The first-order valence-electron chi connectivity index (χ1n) is 9.34. The van der Waals surface area contributed by atoms with E-state index < -0.39 is 25.8 Å². The summed E-state index contributed by atoms with van der Waals surface area (Å²) >= 11 is 0. The molecule has 2 N–H and O–H groups in total. The zero-order chi connectivity index (χ0) is 20.5. The Labute approximate surface area is 164 Å². The largest absolute Gasteiger partial charge is 0.481 e. The van der Waals surface area contributed by atoms with Crippen LogP contribution in [-0.2, 0) is 11.2 Å². The number of carbonyl (C=O) groups excluding carboxylic acids is 1. The van der Waals surface area contributed by atoms with Crippen molar-refractivity contribution >= 4 is 24.9 Å². The predicted octanol–water partition coefficient (Wildman–Crippen LogP) is 3.13. The molecular weight excluding hydrogens is 380 g/mol. The van der Waals surface area contributed by atoms with Gasteiger partial charge in [0.05, 0.1) is 20.9 Å². The molecule has 1 atom stereocenters. The highest BCUT2D eigenvalue weighted by Crippen LogP contribution is 2.26. The van der Waals surface area contributed by atoms with Crippen molar-refractivity contribution in [3.8, 4) is 5.88 Å². The number of fused-ring (bicyclic) bond motifs is 1. The molecule has 0 aliphatic carbocycles. The van der Waals surface area contributed by atoms with Crippen molar-refractivity contribution in [1.82, 2.24) is 10.3 Å². The van der Waals surface area contributed by atoms with Gasteiger partial charge in [-0.15, -0.1) is 0 Å². The SMILES string of the molecule is CC[Si](C)(C)c1c(F)cc(NC(=O)[C@@H]2NCCc3nc(OC)ccc32)cc1F. The number of methoxy groups -OCH3 is 1. The molecule has 0 radical (unpaired) electrons. The number of rotatable bonds is 5. The Bertz CT molecular complexity index is 882. The Hall–Kier alpha value is -2.32. The molecule has 5 nitrogen and oxygen atoms in total. The molecule has 3 rings (SSSR count). The van der Waals surface area contributed by atoms with E-state index in [1.165, 1.54) is 19.2 Å². The smallest absolute Gasteiger partial charge is 0.246 e. The normalized spacial score (nSPS) is 16.4. The molecule has 150 valence electrons. The number of aromatic nitrogens is 1. The molecule has 0 saturated carbocycles. The summed E-state index contributed by atoms with van der Waals surface area (Å²) in [6, 6.07) is 5.98. The van der Waals surface area contributed by atoms with Gasteiger partial charge in [0, 0.05) is 35.5 Å². The van der Waals surface area contributed by atoms with Gasteiger partial charge in [-0.3, -0.25) is 4.79 Å². The number of anilines is 1. The van der Waals surface area contributed by atoms with E-state index in [1.54, 1.807) is 12.1 Å². The summed E-state index contributed by atoms with van der Waals surface area (Å²) in [4.78, 5) is 17.2. The summed E-state index contributed by atoms with van der Waals surface area (Å²) < 4.78 is 34.4. The average molecular weight is 406 g/mol. The van der Waals surface area contributed by atoms with Gasteiger partial charge in [0.25, 0.3) is 0 Å². The number of amides is 1. The van der Waals surface area contributed by atoms with Crippen LogP contribution in [0.4, 0.5) is 14.5 Å². The third-order valence-electron chi connectivity index (χ3n) is 5.35. The Balaban J connectivity index is 1.85. The summed E-state index contributed by atoms with van der Waals surface area (Å²) in [6.07, 6.45) is 0.672. The van der Waals surface area contributed by atoms with Crippen molar-refractivity contribution in [2.24, 2.45) is 0 Å². The molecule has 1 amide bonds.